The van der Waals surface area contributed by atoms with Crippen LogP contribution in [0.4, 0.5) is 5.82 Å². The number of phenols is 1. The number of nitrogens with one attached hydrogen (secondary N) is 1. The summed E-state index contributed by atoms with van der Waals surface area (Å²) >= 11 is 0. The Morgan fingerprint density at radius 2 is 1.86 bits per heavy atom. The van der Waals surface area contributed by atoms with Gasteiger partial charge >= 0.3 is 6.01 Å². The van der Waals surface area contributed by atoms with Gasteiger partial charge in [0.1, 0.15) is 23.9 Å². The molecule has 10 heteroatoms. The zero-order chi connectivity index (χ0) is 29.8. The standard InChI is InChI=1S/C34H35N7O3/c1-39-12-4-6-25(39)19-44-34-37-30-14-22(29-15-26(42)13-21-5-2-3-7-27(21)29)8-11-28(30)32(38-34)41-23-9-10-24(41)18-40(17-23)33(43)31-16-35-20-36-31/h2-3,5,7-8,11,13-16,20,23-25,42H,4,6,9-10,12,17-19H2,1H3,(H,35,36)/t23?,24?,25-/m0/s1. The fourth-order valence-corrected chi connectivity index (χ4v) is 7.37. The molecule has 5 heterocycles. The molecular weight excluding hydrogens is 554 g/mol. The molecule has 1 amide bonds. The van der Waals surface area contributed by atoms with Crippen molar-refractivity contribution in [3.05, 3.63) is 72.8 Å². The first kappa shape index (κ1) is 26.9. The van der Waals surface area contributed by atoms with Crippen LogP contribution in [0.2, 0.25) is 0 Å². The van der Waals surface area contributed by atoms with Crippen LogP contribution in [0.25, 0.3) is 32.8 Å². The van der Waals surface area contributed by atoms with Crippen molar-refractivity contribution in [3.63, 3.8) is 0 Å². The number of hydrogen-bond acceptors (Lipinski definition) is 8. The summed E-state index contributed by atoms with van der Waals surface area (Å²) in [7, 11) is 2.14. The van der Waals surface area contributed by atoms with E-state index in [2.05, 4.69) is 51.1 Å². The molecule has 8 rings (SSSR count). The zero-order valence-corrected chi connectivity index (χ0v) is 24.7. The Morgan fingerprint density at radius 3 is 2.64 bits per heavy atom. The third-order valence-electron chi connectivity index (χ3n) is 9.63. The van der Waals surface area contributed by atoms with Crippen LogP contribution < -0.4 is 9.64 Å². The lowest BCUT2D eigenvalue weighted by molar-refractivity contribution is 0.0712. The van der Waals surface area contributed by atoms with Crippen molar-refractivity contribution in [2.75, 3.05) is 38.2 Å². The van der Waals surface area contributed by atoms with E-state index in [-0.39, 0.29) is 23.7 Å². The number of ether oxygens (including phenoxy) is 1. The van der Waals surface area contributed by atoms with Gasteiger partial charge in [0, 0.05) is 36.6 Å². The van der Waals surface area contributed by atoms with E-state index in [0.29, 0.717) is 37.4 Å². The highest BCUT2D eigenvalue weighted by atomic mass is 16.5. The molecule has 224 valence electrons. The lowest BCUT2D eigenvalue weighted by atomic mass is 9.97. The average molecular weight is 590 g/mol. The van der Waals surface area contributed by atoms with Crippen molar-refractivity contribution < 1.29 is 14.6 Å². The van der Waals surface area contributed by atoms with Gasteiger partial charge in [-0.3, -0.25) is 4.79 Å². The van der Waals surface area contributed by atoms with Gasteiger partial charge in [-0.2, -0.15) is 9.97 Å². The number of phenolic OH excluding ortho intramolecular Hbond substituents is 1. The number of amides is 1. The van der Waals surface area contributed by atoms with Gasteiger partial charge < -0.3 is 29.5 Å². The van der Waals surface area contributed by atoms with Crippen LogP contribution in [0.3, 0.4) is 0 Å². The third-order valence-corrected chi connectivity index (χ3v) is 9.63. The second kappa shape index (κ2) is 10.8. The first-order valence-corrected chi connectivity index (χ1v) is 15.4. The molecule has 2 unspecified atom stereocenters. The van der Waals surface area contributed by atoms with Crippen molar-refractivity contribution >= 4 is 33.4 Å². The van der Waals surface area contributed by atoms with Gasteiger partial charge in [0.05, 0.1) is 18.0 Å². The van der Waals surface area contributed by atoms with Crippen molar-refractivity contribution in [2.24, 2.45) is 0 Å². The number of nitrogens with zero attached hydrogens (tertiary/aromatic N) is 6. The largest absolute Gasteiger partial charge is 0.508 e. The van der Waals surface area contributed by atoms with E-state index >= 15 is 0 Å². The number of benzene rings is 3. The van der Waals surface area contributed by atoms with Gasteiger partial charge in [0.2, 0.25) is 0 Å². The van der Waals surface area contributed by atoms with E-state index < -0.39 is 0 Å². The van der Waals surface area contributed by atoms with Gasteiger partial charge in [-0.05, 0) is 85.4 Å². The predicted octanol–water partition coefficient (Wildman–Crippen LogP) is 4.85. The molecule has 10 nitrogen and oxygen atoms in total. The number of piperazine rings is 1. The minimum atomic E-state index is -0.0146. The summed E-state index contributed by atoms with van der Waals surface area (Å²) in [5.74, 6) is 1.07. The number of fused-ring (bicyclic) bond motifs is 4. The van der Waals surface area contributed by atoms with Crippen LogP contribution in [-0.4, -0.2) is 92.2 Å². The SMILES string of the molecule is CN1CCC[C@H]1COc1nc(N2C3CCC2CN(C(=O)c2cnc[nH]2)C3)c2ccc(-c3cc(O)cc4ccccc34)cc2n1. The molecule has 0 aliphatic carbocycles. The molecule has 2 bridgehead atoms. The number of aromatic nitrogens is 4. The fourth-order valence-electron chi connectivity index (χ4n) is 7.37. The molecule has 3 saturated heterocycles. The maximum absolute atomic E-state index is 13.2. The number of carbonyl (C=O) groups excluding carboxylic acids is 1. The van der Waals surface area contributed by atoms with E-state index in [9.17, 15) is 9.90 Å². The summed E-state index contributed by atoms with van der Waals surface area (Å²) in [5.41, 5.74) is 3.23. The summed E-state index contributed by atoms with van der Waals surface area (Å²) in [4.78, 5) is 36.8. The quantitative estimate of drug-likeness (QED) is 0.289. The Kier molecular flexibility index (Phi) is 6.59. The number of likely N-dealkylation sites (N-methyl/N-ethyl adjacent to an activating group) is 1. The predicted molar refractivity (Wildman–Crippen MR) is 169 cm³/mol. The molecule has 0 saturated carbocycles. The summed E-state index contributed by atoms with van der Waals surface area (Å²) in [6.07, 6.45) is 7.37. The minimum absolute atomic E-state index is 0.0146. The Morgan fingerprint density at radius 1 is 1.02 bits per heavy atom. The second-order valence-electron chi connectivity index (χ2n) is 12.3. The van der Waals surface area contributed by atoms with Crippen LogP contribution >= 0.6 is 0 Å². The molecule has 0 radical (unpaired) electrons. The minimum Gasteiger partial charge on any atom is -0.508 e. The molecule has 0 spiro atoms. The molecule has 3 aliphatic heterocycles. The number of aromatic hydroxyl groups is 1. The molecule has 44 heavy (non-hydrogen) atoms. The molecule has 3 fully saturated rings. The zero-order valence-electron chi connectivity index (χ0n) is 24.7. The van der Waals surface area contributed by atoms with E-state index in [1.165, 1.54) is 6.42 Å². The van der Waals surface area contributed by atoms with E-state index in [4.69, 9.17) is 14.7 Å². The number of anilines is 1. The van der Waals surface area contributed by atoms with Crippen molar-refractivity contribution in [2.45, 2.75) is 43.8 Å². The van der Waals surface area contributed by atoms with E-state index in [1.54, 1.807) is 18.6 Å². The molecule has 3 aliphatic rings. The monoisotopic (exact) mass is 589 g/mol. The van der Waals surface area contributed by atoms with Crippen LogP contribution in [0.15, 0.2) is 67.1 Å². The van der Waals surface area contributed by atoms with E-state index in [0.717, 1.165) is 64.4 Å². The average Bonchev–Trinajstić information content (AvgIpc) is 3.78. The van der Waals surface area contributed by atoms with Crippen LogP contribution in [0, 0.1) is 0 Å². The maximum atomic E-state index is 13.2. The summed E-state index contributed by atoms with van der Waals surface area (Å²) < 4.78 is 6.33. The van der Waals surface area contributed by atoms with Gasteiger partial charge in [-0.15, -0.1) is 0 Å². The number of hydrogen-bond donors (Lipinski definition) is 2. The smallest absolute Gasteiger partial charge is 0.319 e. The molecule has 2 N–H and O–H groups in total. The van der Waals surface area contributed by atoms with Crippen LogP contribution in [0.1, 0.15) is 36.2 Å². The second-order valence-corrected chi connectivity index (χ2v) is 12.3. The van der Waals surface area contributed by atoms with Gasteiger partial charge in [-0.25, -0.2) is 4.98 Å². The Balaban J connectivity index is 1.19. The first-order valence-electron chi connectivity index (χ1n) is 15.4. The maximum Gasteiger partial charge on any atom is 0.319 e. The Labute approximate surface area is 255 Å². The van der Waals surface area contributed by atoms with Gasteiger partial charge in [0.25, 0.3) is 5.91 Å². The highest BCUT2D eigenvalue weighted by Crippen LogP contribution is 2.40. The van der Waals surface area contributed by atoms with Crippen molar-refractivity contribution in [1.29, 1.82) is 0 Å². The fraction of sp³-hybridized carbons (Fsp3) is 0.353. The highest BCUT2D eigenvalue weighted by molar-refractivity contribution is 6.01. The number of carbonyl (C=O) groups is 1. The number of imidazole rings is 1. The summed E-state index contributed by atoms with van der Waals surface area (Å²) in [6.45, 7) is 2.86. The van der Waals surface area contributed by atoms with Gasteiger partial charge in [-0.1, -0.05) is 30.3 Å². The summed E-state index contributed by atoms with van der Waals surface area (Å²) in [5, 5.41) is 13.5. The highest BCUT2D eigenvalue weighted by Gasteiger charge is 2.43. The van der Waals surface area contributed by atoms with Crippen molar-refractivity contribution in [1.82, 2.24) is 29.7 Å². The Hall–Kier alpha value is -4.70. The Bertz CT molecular complexity index is 1850. The third kappa shape index (κ3) is 4.70. The van der Waals surface area contributed by atoms with E-state index in [1.807, 2.05) is 29.2 Å². The number of rotatable bonds is 6. The summed E-state index contributed by atoms with van der Waals surface area (Å²) in [6, 6.07) is 19.0. The lowest BCUT2D eigenvalue weighted by Crippen LogP contribution is -2.55. The molecule has 2 aromatic heterocycles. The topological polar surface area (TPSA) is 111 Å². The number of H-pyrrole nitrogens is 1. The van der Waals surface area contributed by atoms with Crippen LogP contribution in [0.5, 0.6) is 11.8 Å². The lowest BCUT2D eigenvalue weighted by Gasteiger charge is -2.42. The molecule has 5 aromatic rings. The van der Waals surface area contributed by atoms with Crippen molar-refractivity contribution in [3.8, 4) is 22.9 Å². The molecular formula is C34H35N7O3. The van der Waals surface area contributed by atoms with Crippen LogP contribution in [-0.2, 0) is 0 Å². The van der Waals surface area contributed by atoms with Gasteiger partial charge in [0.15, 0.2) is 0 Å². The number of likely N-dealkylation sites (tertiary alicyclic amines) is 2. The molecule has 3 aromatic carbocycles. The normalized spacial score (nSPS) is 21.9. The molecule has 3 atom stereocenters. The number of aromatic amines is 1. The first-order chi connectivity index (χ1) is 21.5.